The van der Waals surface area contributed by atoms with Crippen LogP contribution in [0.1, 0.15) is 23.2 Å². The van der Waals surface area contributed by atoms with Crippen LogP contribution in [0.5, 0.6) is 5.88 Å². The normalized spacial score (nSPS) is 18.2. The van der Waals surface area contributed by atoms with Gasteiger partial charge < -0.3 is 14.4 Å². The molecule has 10 heteroatoms. The van der Waals surface area contributed by atoms with Gasteiger partial charge in [-0.15, -0.1) is 0 Å². The Morgan fingerprint density at radius 3 is 2.32 bits per heavy atom. The highest BCUT2D eigenvalue weighted by molar-refractivity contribution is 7.89. The van der Waals surface area contributed by atoms with Gasteiger partial charge in [-0.1, -0.05) is 12.1 Å². The van der Waals surface area contributed by atoms with Gasteiger partial charge in [0.15, 0.2) is 0 Å². The molecule has 1 aromatic heterocycles. The third-order valence-electron chi connectivity index (χ3n) is 6.15. The lowest BCUT2D eigenvalue weighted by Crippen LogP contribution is -2.42. The Labute approximate surface area is 198 Å². The second-order valence-corrected chi connectivity index (χ2v) is 10.3. The molecule has 2 fully saturated rings. The minimum atomic E-state index is -3.58. The van der Waals surface area contributed by atoms with Crippen LogP contribution in [0, 0.1) is 0 Å². The van der Waals surface area contributed by atoms with Gasteiger partial charge in [0.05, 0.1) is 35.3 Å². The molecule has 3 heterocycles. The van der Waals surface area contributed by atoms with Gasteiger partial charge in [-0.3, -0.25) is 4.79 Å². The van der Waals surface area contributed by atoms with Crippen molar-refractivity contribution in [3.05, 3.63) is 60.3 Å². The topological polar surface area (TPSA) is 102 Å². The molecule has 2 aliphatic heterocycles. The maximum Gasteiger partial charge on any atom is 0.253 e. The van der Waals surface area contributed by atoms with Crippen LogP contribution >= 0.6 is 0 Å². The van der Waals surface area contributed by atoms with E-state index < -0.39 is 10.0 Å². The number of nitrogens with zero attached hydrogens (tertiary/aromatic N) is 4. The lowest BCUT2D eigenvalue weighted by atomic mass is 10.1. The lowest BCUT2D eigenvalue weighted by Gasteiger charge is -2.32. The van der Waals surface area contributed by atoms with Crippen molar-refractivity contribution in [3.63, 3.8) is 0 Å². The smallest absolute Gasteiger partial charge is 0.253 e. The van der Waals surface area contributed by atoms with E-state index in [-0.39, 0.29) is 16.9 Å². The summed E-state index contributed by atoms with van der Waals surface area (Å²) in [5, 5.41) is 0. The second kappa shape index (κ2) is 9.65. The Morgan fingerprint density at radius 2 is 1.62 bits per heavy atom. The molecular formula is C24H26N4O5S. The molecule has 2 saturated heterocycles. The number of ether oxygens (including phenoxy) is 2. The highest BCUT2D eigenvalue weighted by atomic mass is 32.2. The molecule has 0 spiro atoms. The zero-order valence-corrected chi connectivity index (χ0v) is 19.5. The van der Waals surface area contributed by atoms with Gasteiger partial charge in [0.1, 0.15) is 6.10 Å². The second-order valence-electron chi connectivity index (χ2n) is 8.35. The zero-order chi connectivity index (χ0) is 23.5. The number of piperidine rings is 1. The van der Waals surface area contributed by atoms with Gasteiger partial charge in [-0.25, -0.2) is 18.4 Å². The standard InChI is InChI=1S/C24H26N4O5S/c29-24(18-5-7-20(8-6-18)34(30,31)28-13-15-32-16-14-28)27-11-9-19(10-12-27)33-23-17-25-21-3-1-2-4-22(21)26-23/h1-8,17,19H,9-16H2. The average molecular weight is 483 g/mol. The summed E-state index contributed by atoms with van der Waals surface area (Å²) in [4.78, 5) is 23.8. The monoisotopic (exact) mass is 482 g/mol. The van der Waals surface area contributed by atoms with Gasteiger partial charge in [0, 0.05) is 44.6 Å². The van der Waals surface area contributed by atoms with Crippen molar-refractivity contribution < 1.29 is 22.7 Å². The van der Waals surface area contributed by atoms with Gasteiger partial charge >= 0.3 is 0 Å². The Balaban J connectivity index is 1.18. The first-order valence-corrected chi connectivity index (χ1v) is 12.8. The molecule has 34 heavy (non-hydrogen) atoms. The molecule has 0 N–H and O–H groups in total. The van der Waals surface area contributed by atoms with Crippen molar-refractivity contribution in [1.29, 1.82) is 0 Å². The van der Waals surface area contributed by atoms with Crippen LogP contribution in [0.2, 0.25) is 0 Å². The van der Waals surface area contributed by atoms with Crippen LogP contribution in [0.3, 0.4) is 0 Å². The molecule has 3 aromatic rings. The molecule has 2 aromatic carbocycles. The van der Waals surface area contributed by atoms with E-state index in [1.165, 1.54) is 16.4 Å². The summed E-state index contributed by atoms with van der Waals surface area (Å²) in [7, 11) is -3.58. The van der Waals surface area contributed by atoms with Crippen LogP contribution in [0.25, 0.3) is 11.0 Å². The fraction of sp³-hybridized carbons (Fsp3) is 0.375. The fourth-order valence-corrected chi connectivity index (χ4v) is 5.64. The Hall–Kier alpha value is -3.08. The van der Waals surface area contributed by atoms with E-state index in [4.69, 9.17) is 9.47 Å². The number of benzene rings is 2. The van der Waals surface area contributed by atoms with Crippen molar-refractivity contribution in [2.75, 3.05) is 39.4 Å². The summed E-state index contributed by atoms with van der Waals surface area (Å²) in [6, 6.07) is 13.8. The number of fused-ring (bicyclic) bond motifs is 1. The minimum Gasteiger partial charge on any atom is -0.473 e. The fourth-order valence-electron chi connectivity index (χ4n) is 4.23. The molecule has 0 unspecified atom stereocenters. The maximum absolute atomic E-state index is 13.0. The molecule has 2 aliphatic rings. The van der Waals surface area contributed by atoms with Crippen LogP contribution < -0.4 is 4.74 Å². The van der Waals surface area contributed by atoms with E-state index in [1.807, 2.05) is 24.3 Å². The van der Waals surface area contributed by atoms with E-state index >= 15 is 0 Å². The van der Waals surface area contributed by atoms with E-state index in [1.54, 1.807) is 23.2 Å². The van der Waals surface area contributed by atoms with Crippen molar-refractivity contribution in [1.82, 2.24) is 19.2 Å². The number of likely N-dealkylation sites (tertiary alicyclic amines) is 1. The van der Waals surface area contributed by atoms with Crippen molar-refractivity contribution in [2.45, 2.75) is 23.8 Å². The molecule has 0 bridgehead atoms. The van der Waals surface area contributed by atoms with Crippen LogP contribution in [-0.2, 0) is 14.8 Å². The highest BCUT2D eigenvalue weighted by Crippen LogP contribution is 2.22. The molecule has 0 aliphatic carbocycles. The predicted octanol–water partition coefficient (Wildman–Crippen LogP) is 2.33. The number of hydrogen-bond acceptors (Lipinski definition) is 7. The molecule has 0 saturated carbocycles. The maximum atomic E-state index is 13.0. The summed E-state index contributed by atoms with van der Waals surface area (Å²) >= 11 is 0. The third-order valence-corrected chi connectivity index (χ3v) is 8.07. The highest BCUT2D eigenvalue weighted by Gasteiger charge is 2.28. The van der Waals surface area contributed by atoms with E-state index in [0.29, 0.717) is 63.7 Å². The number of hydrogen-bond donors (Lipinski definition) is 0. The van der Waals surface area contributed by atoms with Crippen molar-refractivity contribution in [2.24, 2.45) is 0 Å². The number of sulfonamides is 1. The first-order valence-electron chi connectivity index (χ1n) is 11.4. The summed E-state index contributed by atoms with van der Waals surface area (Å²) in [6.45, 7) is 2.57. The number of carbonyl (C=O) groups excluding carboxylic acids is 1. The summed E-state index contributed by atoms with van der Waals surface area (Å²) in [6.07, 6.45) is 2.96. The van der Waals surface area contributed by atoms with Gasteiger partial charge in [0.25, 0.3) is 5.91 Å². The predicted molar refractivity (Wildman–Crippen MR) is 125 cm³/mol. The van der Waals surface area contributed by atoms with Gasteiger partial charge in [-0.05, 0) is 36.4 Å². The molecule has 1 amide bonds. The summed E-state index contributed by atoms with van der Waals surface area (Å²) in [5.41, 5.74) is 2.08. The van der Waals surface area contributed by atoms with Gasteiger partial charge in [-0.2, -0.15) is 4.31 Å². The SMILES string of the molecule is O=C(c1ccc(S(=O)(=O)N2CCOCC2)cc1)N1CCC(Oc2cnc3ccccc3n2)CC1. The van der Waals surface area contributed by atoms with Gasteiger partial charge in [0.2, 0.25) is 15.9 Å². The number of carbonyl (C=O) groups is 1. The third kappa shape index (κ3) is 4.75. The van der Waals surface area contributed by atoms with E-state index in [0.717, 1.165) is 11.0 Å². The molecule has 0 atom stereocenters. The van der Waals surface area contributed by atoms with Crippen molar-refractivity contribution >= 4 is 27.0 Å². The number of amides is 1. The molecule has 9 nitrogen and oxygen atoms in total. The van der Waals surface area contributed by atoms with Crippen LogP contribution in [0.15, 0.2) is 59.6 Å². The largest absolute Gasteiger partial charge is 0.473 e. The van der Waals surface area contributed by atoms with E-state index in [9.17, 15) is 13.2 Å². The molecule has 0 radical (unpaired) electrons. The number of para-hydroxylation sites is 2. The zero-order valence-electron chi connectivity index (χ0n) is 18.7. The summed E-state index contributed by atoms with van der Waals surface area (Å²) < 4.78 is 38.2. The Kier molecular flexibility index (Phi) is 6.44. The Bertz CT molecular complexity index is 1270. The Morgan fingerprint density at radius 1 is 0.941 bits per heavy atom. The van der Waals surface area contributed by atoms with Crippen molar-refractivity contribution in [3.8, 4) is 5.88 Å². The van der Waals surface area contributed by atoms with E-state index in [2.05, 4.69) is 9.97 Å². The number of rotatable bonds is 5. The first-order chi connectivity index (χ1) is 16.5. The molecule has 178 valence electrons. The lowest BCUT2D eigenvalue weighted by molar-refractivity contribution is 0.0587. The minimum absolute atomic E-state index is 0.0412. The summed E-state index contributed by atoms with van der Waals surface area (Å²) in [5.74, 6) is 0.375. The average Bonchev–Trinajstić information content (AvgIpc) is 2.89. The first kappa shape index (κ1) is 22.7. The number of aromatic nitrogens is 2. The van der Waals surface area contributed by atoms with Crippen LogP contribution in [0.4, 0.5) is 0 Å². The van der Waals surface area contributed by atoms with Crippen LogP contribution in [-0.4, -0.2) is 79.0 Å². The molecule has 5 rings (SSSR count). The number of morpholine rings is 1. The quantitative estimate of drug-likeness (QED) is 0.550. The molecular weight excluding hydrogens is 456 g/mol.